The van der Waals surface area contributed by atoms with Crippen molar-refractivity contribution in [2.45, 2.75) is 0 Å². The SMILES string of the molecule is c1ccc(-c2ccc(-c3cccc4c3sc3c(-c5cccc(-c6nc(-c7ccccc7)nc(-c7ccccc7)n6)c5)cccc34)cc2)cc1.c1ccc(-c2cccc3c2sc2c(-c4cccc(-c5ccc6c7ccccc7c7ccccc7c6c5)c4)cccc23)cc1.c1ccc2cc(-c3c4ccccc4c(-c4ccc5ccccc5c4)c4cc(-c5nccc6c5sc5ccccc56)ccc34)ccc2c1. The van der Waals surface area contributed by atoms with Gasteiger partial charge in [0.2, 0.25) is 0 Å². The Balaban J connectivity index is 0.000000108. The number of hydrogen-bond donors (Lipinski definition) is 0. The molecule has 0 amide bonds. The van der Waals surface area contributed by atoms with Crippen LogP contribution in [0.3, 0.4) is 0 Å². The molecule has 4 nitrogen and oxygen atoms in total. The molecule has 139 heavy (non-hydrogen) atoms. The Morgan fingerprint density at radius 2 is 0.453 bits per heavy atom. The van der Waals surface area contributed by atoms with Crippen molar-refractivity contribution >= 4 is 170 Å². The number of rotatable bonds is 12. The van der Waals surface area contributed by atoms with Crippen molar-refractivity contribution < 1.29 is 0 Å². The van der Waals surface area contributed by atoms with Gasteiger partial charge in [-0.3, -0.25) is 4.98 Å². The van der Waals surface area contributed by atoms with E-state index in [0.717, 1.165) is 33.5 Å². The predicted molar refractivity (Wildman–Crippen MR) is 597 cm³/mol. The topological polar surface area (TPSA) is 51.6 Å². The summed E-state index contributed by atoms with van der Waals surface area (Å²) in [6, 6.07) is 177. The highest BCUT2D eigenvalue weighted by Crippen LogP contribution is 2.51. The molecule has 5 aromatic heterocycles. The molecule has 0 aliphatic carbocycles. The molecular weight excluding hydrogens is 1740 g/mol. The highest BCUT2D eigenvalue weighted by Gasteiger charge is 2.24. The normalized spacial score (nSPS) is 11.6. The van der Waals surface area contributed by atoms with Crippen LogP contribution in [0.4, 0.5) is 0 Å². The standard InChI is InChI=1S/C45H29N3S.C45H27NS.C42H26S/c1-4-13-30(14-5-1)31-25-27-32(28-26-31)37-21-11-23-39-40-24-12-22-38(42(40)49-41(37)39)35-19-10-20-36(29-35)45-47-43(33-15-6-2-7-16-33)46-44(48-45)34-17-8-3-9-18-34;1-3-11-30-25-32(19-17-28(30)9-1)42-36-14-5-6-15-37(36)43(33-20-18-29-10-2-4-12-31(29)26-33)40-27-34(21-22-38(40)42)44-45-39(23-24-46-44)35-13-7-8-16-41(35)47-45;1-2-11-27(12-3-1)31-19-9-21-38-39-22-10-20-32(42(39)43-41(31)38)30-14-8-13-28(25-30)29-23-24-37-35-17-5-4-15-33(35)34-16-6-7-18-36(34)40(37)26-29/h1-29H;1-27H;1-26H. The fourth-order valence-electron chi connectivity index (χ4n) is 20.9. The van der Waals surface area contributed by atoms with Crippen LogP contribution < -0.4 is 0 Å². The molecule has 5 heterocycles. The lowest BCUT2D eigenvalue weighted by atomic mass is 9.84. The van der Waals surface area contributed by atoms with Crippen molar-refractivity contribution in [2.75, 3.05) is 0 Å². The first-order valence-corrected chi connectivity index (χ1v) is 49.6. The van der Waals surface area contributed by atoms with Crippen LogP contribution in [-0.2, 0) is 0 Å². The molecule has 23 aromatic carbocycles. The third-order valence-electron chi connectivity index (χ3n) is 27.5. The van der Waals surface area contributed by atoms with E-state index < -0.39 is 0 Å². The summed E-state index contributed by atoms with van der Waals surface area (Å²) < 4.78 is 7.78. The van der Waals surface area contributed by atoms with Crippen LogP contribution >= 0.6 is 34.0 Å². The molecule has 0 aliphatic heterocycles. The van der Waals surface area contributed by atoms with Crippen LogP contribution in [0.2, 0.25) is 0 Å². The molecule has 7 heteroatoms. The molecular formula is C132H82N4S3. The summed E-state index contributed by atoms with van der Waals surface area (Å²) >= 11 is 5.61. The van der Waals surface area contributed by atoms with E-state index in [9.17, 15) is 0 Å². The molecule has 0 N–H and O–H groups in total. The van der Waals surface area contributed by atoms with Gasteiger partial charge >= 0.3 is 0 Å². The summed E-state index contributed by atoms with van der Waals surface area (Å²) in [5.41, 5.74) is 24.9. The van der Waals surface area contributed by atoms with Gasteiger partial charge in [0.1, 0.15) is 0 Å². The minimum Gasteiger partial charge on any atom is -0.255 e. The molecule has 0 fully saturated rings. The largest absolute Gasteiger partial charge is 0.255 e. The van der Waals surface area contributed by atoms with Gasteiger partial charge in [0.15, 0.2) is 17.5 Å². The molecule has 0 bridgehead atoms. The van der Waals surface area contributed by atoms with E-state index in [1.165, 1.54) is 219 Å². The van der Waals surface area contributed by atoms with Gasteiger partial charge in [0, 0.05) is 84.3 Å². The van der Waals surface area contributed by atoms with Gasteiger partial charge in [0.05, 0.1) is 10.4 Å². The zero-order valence-electron chi connectivity index (χ0n) is 75.4. The van der Waals surface area contributed by atoms with Crippen molar-refractivity contribution in [1.29, 1.82) is 0 Å². The molecule has 28 rings (SSSR count). The lowest BCUT2D eigenvalue weighted by molar-refractivity contribution is 1.07. The second-order valence-corrected chi connectivity index (χ2v) is 38.7. The van der Waals surface area contributed by atoms with Gasteiger partial charge in [0.25, 0.3) is 0 Å². The summed E-state index contributed by atoms with van der Waals surface area (Å²) in [6.45, 7) is 0. The van der Waals surface area contributed by atoms with Crippen LogP contribution in [0.1, 0.15) is 0 Å². The first-order valence-electron chi connectivity index (χ1n) is 47.2. The Kier molecular flexibility index (Phi) is 20.9. The minimum absolute atomic E-state index is 0.652. The highest BCUT2D eigenvalue weighted by atomic mass is 32.1. The van der Waals surface area contributed by atoms with E-state index in [1.807, 2.05) is 101 Å². The predicted octanol–water partition coefficient (Wildman–Crippen LogP) is 37.8. The lowest BCUT2D eigenvalue weighted by Crippen LogP contribution is -2.00. The quantitative estimate of drug-likeness (QED) is 0.0903. The molecule has 0 saturated heterocycles. The van der Waals surface area contributed by atoms with E-state index in [0.29, 0.717) is 17.5 Å². The lowest BCUT2D eigenvalue weighted by Gasteiger charge is -2.19. The average molecular weight is 1820 g/mol. The summed E-state index contributed by atoms with van der Waals surface area (Å²) in [6.07, 6.45) is 1.96. The number of pyridine rings is 1. The highest BCUT2D eigenvalue weighted by molar-refractivity contribution is 7.27. The monoisotopic (exact) mass is 1820 g/mol. The summed E-state index contributed by atoms with van der Waals surface area (Å²) in [5.74, 6) is 1.97. The van der Waals surface area contributed by atoms with Crippen molar-refractivity contribution in [3.05, 3.63) is 498 Å². The van der Waals surface area contributed by atoms with E-state index in [-0.39, 0.29) is 0 Å². The Hall–Kier alpha value is -17.3. The molecule has 28 aromatic rings. The van der Waals surface area contributed by atoms with Crippen molar-refractivity contribution in [2.24, 2.45) is 0 Å². The summed E-state index contributed by atoms with van der Waals surface area (Å²) in [5, 5.41) is 25.6. The third-order valence-corrected chi connectivity index (χ3v) is 31.3. The number of nitrogens with zero attached hydrogens (tertiary/aromatic N) is 4. The summed E-state index contributed by atoms with van der Waals surface area (Å²) in [4.78, 5) is 19.9. The fraction of sp³-hybridized carbons (Fsp3) is 0. The Bertz CT molecular complexity index is 9610. The smallest absolute Gasteiger partial charge is 0.164 e. The molecule has 0 unspecified atom stereocenters. The molecule has 0 saturated carbocycles. The first kappa shape index (κ1) is 82.4. The molecule has 0 atom stereocenters. The van der Waals surface area contributed by atoms with Crippen LogP contribution in [0.15, 0.2) is 498 Å². The van der Waals surface area contributed by atoms with Gasteiger partial charge in [-0.1, -0.05) is 443 Å². The van der Waals surface area contributed by atoms with Crippen molar-refractivity contribution in [3.63, 3.8) is 0 Å². The van der Waals surface area contributed by atoms with Gasteiger partial charge in [-0.15, -0.1) is 34.0 Å². The number of fused-ring (bicyclic) bond motifs is 19. The zero-order valence-corrected chi connectivity index (χ0v) is 77.8. The number of hydrogen-bond acceptors (Lipinski definition) is 7. The van der Waals surface area contributed by atoms with Gasteiger partial charge in [-0.05, 0) is 213 Å². The molecule has 648 valence electrons. The Labute approximate surface area is 815 Å². The van der Waals surface area contributed by atoms with Crippen molar-refractivity contribution in [1.82, 2.24) is 19.9 Å². The van der Waals surface area contributed by atoms with Crippen LogP contribution in [0.5, 0.6) is 0 Å². The van der Waals surface area contributed by atoms with Gasteiger partial charge < -0.3 is 0 Å². The van der Waals surface area contributed by atoms with Crippen LogP contribution in [0, 0.1) is 0 Å². The second-order valence-electron chi connectivity index (χ2n) is 35.6. The maximum absolute atomic E-state index is 5.01. The van der Waals surface area contributed by atoms with E-state index in [4.69, 9.17) is 19.9 Å². The first-order chi connectivity index (χ1) is 68.9. The van der Waals surface area contributed by atoms with Crippen molar-refractivity contribution in [3.8, 4) is 134 Å². The average Bonchev–Trinajstić information content (AvgIpc) is 1.40. The van der Waals surface area contributed by atoms with Gasteiger partial charge in [-0.25, -0.2) is 15.0 Å². The summed E-state index contributed by atoms with van der Waals surface area (Å²) in [7, 11) is 0. The molecule has 0 radical (unpaired) electrons. The third kappa shape index (κ3) is 15.0. The maximum atomic E-state index is 5.01. The molecule has 0 spiro atoms. The van der Waals surface area contributed by atoms with Gasteiger partial charge in [-0.2, -0.15) is 0 Å². The number of thiophene rings is 3. The minimum atomic E-state index is 0.652. The number of aromatic nitrogens is 4. The Morgan fingerprint density at radius 1 is 0.144 bits per heavy atom. The van der Waals surface area contributed by atoms with E-state index >= 15 is 0 Å². The van der Waals surface area contributed by atoms with Crippen LogP contribution in [-0.4, -0.2) is 19.9 Å². The second kappa shape index (κ2) is 35.2. The van der Waals surface area contributed by atoms with E-state index in [2.05, 4.69) is 431 Å². The zero-order chi connectivity index (χ0) is 91.8. The number of benzene rings is 23. The Morgan fingerprint density at radius 3 is 0.978 bits per heavy atom. The molecule has 0 aliphatic rings. The van der Waals surface area contributed by atoms with E-state index in [1.54, 1.807) is 0 Å². The maximum Gasteiger partial charge on any atom is 0.164 e. The fourth-order valence-corrected chi connectivity index (χ4v) is 24.8. The van der Waals surface area contributed by atoms with Crippen LogP contribution in [0.25, 0.3) is 270 Å².